The fourth-order valence-corrected chi connectivity index (χ4v) is 2.57. The molecule has 0 bridgehead atoms. The van der Waals surface area contributed by atoms with Crippen molar-refractivity contribution in [2.45, 2.75) is 39.2 Å². The van der Waals surface area contributed by atoms with Crippen molar-refractivity contribution in [1.29, 1.82) is 0 Å². The van der Waals surface area contributed by atoms with E-state index in [1.165, 1.54) is 12.0 Å². The van der Waals surface area contributed by atoms with Gasteiger partial charge in [-0.3, -0.25) is 4.79 Å². The number of nitrogens with one attached hydrogen (secondary N) is 1. The van der Waals surface area contributed by atoms with Gasteiger partial charge in [-0.25, -0.2) is 0 Å². The van der Waals surface area contributed by atoms with Crippen LogP contribution in [-0.2, 0) is 4.79 Å². The van der Waals surface area contributed by atoms with E-state index in [-0.39, 0.29) is 11.9 Å². The first kappa shape index (κ1) is 17.0. The summed E-state index contributed by atoms with van der Waals surface area (Å²) >= 11 is 3.46. The molecule has 1 N–H and O–H groups in total. The van der Waals surface area contributed by atoms with Crippen molar-refractivity contribution in [2.75, 3.05) is 0 Å². The molecule has 0 heterocycles. The van der Waals surface area contributed by atoms with Crippen molar-refractivity contribution >= 4 is 21.8 Å². The monoisotopic (exact) mass is 361 g/mol. The lowest BCUT2D eigenvalue weighted by molar-refractivity contribution is -0.117. The fourth-order valence-electron chi connectivity index (χ4n) is 2.31. The Kier molecular flexibility index (Phi) is 6.01. The van der Waals surface area contributed by atoms with Gasteiger partial charge in [0.1, 0.15) is 0 Å². The van der Waals surface area contributed by atoms with E-state index in [4.69, 9.17) is 0 Å². The van der Waals surface area contributed by atoms with Gasteiger partial charge in [-0.15, -0.1) is 0 Å². The molecule has 2 rings (SSSR count). The standard InChI is InChI=1S/C19H24BrNO/c1-13(2)14(3)21-19(22)7-5-4-6-16-12-18(16)15-8-10-17(20)11-9-15/h4-11,13-14,16,18H,12H2,1-3H3,(H,21,22)/b6-4+,7-5+. The summed E-state index contributed by atoms with van der Waals surface area (Å²) in [5.74, 6) is 1.66. The van der Waals surface area contributed by atoms with Gasteiger partial charge >= 0.3 is 0 Å². The van der Waals surface area contributed by atoms with Gasteiger partial charge < -0.3 is 5.32 Å². The number of hydrogen-bond donors (Lipinski definition) is 1. The summed E-state index contributed by atoms with van der Waals surface area (Å²) in [5.41, 5.74) is 1.39. The molecule has 1 aliphatic carbocycles. The second-order valence-electron chi connectivity index (χ2n) is 6.34. The Balaban J connectivity index is 1.76. The third kappa shape index (κ3) is 5.13. The van der Waals surface area contributed by atoms with E-state index >= 15 is 0 Å². The Hall–Kier alpha value is -1.35. The third-order valence-corrected chi connectivity index (χ3v) is 4.75. The number of hydrogen-bond acceptors (Lipinski definition) is 1. The van der Waals surface area contributed by atoms with E-state index in [0.29, 0.717) is 17.8 Å². The number of amides is 1. The summed E-state index contributed by atoms with van der Waals surface area (Å²) in [4.78, 5) is 11.7. The van der Waals surface area contributed by atoms with E-state index in [1.54, 1.807) is 6.08 Å². The molecule has 0 aromatic heterocycles. The lowest BCUT2D eigenvalue weighted by Crippen LogP contribution is -2.34. The first-order valence-electron chi connectivity index (χ1n) is 7.88. The van der Waals surface area contributed by atoms with E-state index in [9.17, 15) is 4.79 Å². The minimum Gasteiger partial charge on any atom is -0.350 e. The zero-order valence-electron chi connectivity index (χ0n) is 13.4. The maximum atomic E-state index is 11.7. The Morgan fingerprint density at radius 2 is 1.91 bits per heavy atom. The molecular weight excluding hydrogens is 338 g/mol. The molecule has 0 spiro atoms. The van der Waals surface area contributed by atoms with Gasteiger partial charge in [-0.1, -0.05) is 60.1 Å². The zero-order chi connectivity index (χ0) is 16.1. The van der Waals surface area contributed by atoms with E-state index in [0.717, 1.165) is 4.47 Å². The lowest BCUT2D eigenvalue weighted by Gasteiger charge is -2.15. The van der Waals surface area contributed by atoms with Crippen molar-refractivity contribution in [3.05, 3.63) is 58.6 Å². The summed E-state index contributed by atoms with van der Waals surface area (Å²) in [6.07, 6.45) is 8.82. The number of rotatable bonds is 6. The molecule has 1 fully saturated rings. The predicted octanol–water partition coefficient (Wildman–Crippen LogP) is 4.83. The summed E-state index contributed by atoms with van der Waals surface area (Å²) in [5, 5.41) is 2.96. The van der Waals surface area contributed by atoms with Crippen molar-refractivity contribution in [1.82, 2.24) is 5.32 Å². The molecule has 0 saturated heterocycles. The van der Waals surface area contributed by atoms with Crippen molar-refractivity contribution in [3.8, 4) is 0 Å². The highest BCUT2D eigenvalue weighted by molar-refractivity contribution is 9.10. The Bertz CT molecular complexity index is 559. The predicted molar refractivity (Wildman–Crippen MR) is 95.7 cm³/mol. The summed E-state index contributed by atoms with van der Waals surface area (Å²) in [6, 6.07) is 8.74. The van der Waals surface area contributed by atoms with Crippen LogP contribution in [0, 0.1) is 11.8 Å². The maximum Gasteiger partial charge on any atom is 0.244 e. The normalized spacial score (nSPS) is 22.4. The molecule has 1 amide bonds. The number of benzene rings is 1. The molecule has 1 aromatic rings. The molecule has 2 nitrogen and oxygen atoms in total. The topological polar surface area (TPSA) is 29.1 Å². The third-order valence-electron chi connectivity index (χ3n) is 4.22. The van der Waals surface area contributed by atoms with Gasteiger partial charge in [0.05, 0.1) is 0 Å². The Morgan fingerprint density at radius 3 is 2.55 bits per heavy atom. The fraction of sp³-hybridized carbons (Fsp3) is 0.421. The van der Waals surface area contributed by atoms with E-state index in [2.05, 4.69) is 65.4 Å². The SMILES string of the molecule is CC(C)C(C)NC(=O)/C=C/C=C/C1CC1c1ccc(Br)cc1. The molecule has 118 valence electrons. The molecule has 0 aliphatic heterocycles. The number of allylic oxidation sites excluding steroid dienone is 3. The maximum absolute atomic E-state index is 11.7. The summed E-state index contributed by atoms with van der Waals surface area (Å²) < 4.78 is 1.12. The van der Waals surface area contributed by atoms with Crippen LogP contribution in [0.3, 0.4) is 0 Å². The van der Waals surface area contributed by atoms with Gasteiger partial charge in [-0.2, -0.15) is 0 Å². The van der Waals surface area contributed by atoms with Crippen LogP contribution in [0.4, 0.5) is 0 Å². The van der Waals surface area contributed by atoms with Crippen LogP contribution >= 0.6 is 15.9 Å². The zero-order valence-corrected chi connectivity index (χ0v) is 15.0. The van der Waals surface area contributed by atoms with Gasteiger partial charge in [-0.05, 0) is 48.8 Å². The first-order chi connectivity index (χ1) is 10.5. The van der Waals surface area contributed by atoms with Crippen LogP contribution in [0.15, 0.2) is 53.0 Å². The van der Waals surface area contributed by atoms with Gasteiger partial charge in [0.15, 0.2) is 0 Å². The highest BCUT2D eigenvalue weighted by Gasteiger charge is 2.35. The average molecular weight is 362 g/mol. The van der Waals surface area contributed by atoms with E-state index < -0.39 is 0 Å². The van der Waals surface area contributed by atoms with Gasteiger partial charge in [0.2, 0.25) is 5.91 Å². The minimum absolute atomic E-state index is 0.0221. The van der Waals surface area contributed by atoms with Crippen molar-refractivity contribution in [2.24, 2.45) is 11.8 Å². The van der Waals surface area contributed by atoms with E-state index in [1.807, 2.05) is 19.1 Å². The molecule has 1 aliphatic rings. The quantitative estimate of drug-likeness (QED) is 0.570. The molecule has 1 aromatic carbocycles. The summed E-state index contributed by atoms with van der Waals surface area (Å²) in [6.45, 7) is 6.23. The van der Waals surface area contributed by atoms with Crippen LogP contribution < -0.4 is 5.32 Å². The highest BCUT2D eigenvalue weighted by Crippen LogP contribution is 2.48. The van der Waals surface area contributed by atoms with Crippen molar-refractivity contribution in [3.63, 3.8) is 0 Å². The van der Waals surface area contributed by atoms with Crippen LogP contribution in [-0.4, -0.2) is 11.9 Å². The minimum atomic E-state index is -0.0221. The average Bonchev–Trinajstić information content (AvgIpc) is 3.24. The van der Waals surface area contributed by atoms with Gasteiger partial charge in [0, 0.05) is 16.6 Å². The lowest BCUT2D eigenvalue weighted by atomic mass is 10.1. The van der Waals surface area contributed by atoms with Crippen LogP contribution in [0.25, 0.3) is 0 Å². The first-order valence-corrected chi connectivity index (χ1v) is 8.67. The Morgan fingerprint density at radius 1 is 1.23 bits per heavy atom. The number of halogens is 1. The molecule has 1 saturated carbocycles. The molecule has 3 heteroatoms. The summed E-state index contributed by atoms with van der Waals surface area (Å²) in [7, 11) is 0. The molecule has 22 heavy (non-hydrogen) atoms. The number of carbonyl (C=O) groups is 1. The van der Waals surface area contributed by atoms with Crippen LogP contribution in [0.2, 0.25) is 0 Å². The molecule has 3 unspecified atom stereocenters. The largest absolute Gasteiger partial charge is 0.350 e. The van der Waals surface area contributed by atoms with Crippen LogP contribution in [0.1, 0.15) is 38.7 Å². The van der Waals surface area contributed by atoms with Gasteiger partial charge in [0.25, 0.3) is 0 Å². The van der Waals surface area contributed by atoms with Crippen molar-refractivity contribution < 1.29 is 4.79 Å². The molecule has 0 radical (unpaired) electrons. The molecule has 3 atom stereocenters. The smallest absolute Gasteiger partial charge is 0.244 e. The van der Waals surface area contributed by atoms with Crippen LogP contribution in [0.5, 0.6) is 0 Å². The second-order valence-corrected chi connectivity index (χ2v) is 7.26. The second kappa shape index (κ2) is 7.77. The molecular formula is C19H24BrNO. The number of carbonyl (C=O) groups excluding carboxylic acids is 1. The highest BCUT2D eigenvalue weighted by atomic mass is 79.9. The Labute approximate surface area is 141 Å².